The molecule has 0 bridgehead atoms. The maximum atomic E-state index is 5.68. The molecular weight excluding hydrogens is 210 g/mol. The van der Waals surface area contributed by atoms with Crippen LogP contribution in [-0.4, -0.2) is 18.1 Å². The molecule has 0 fully saturated rings. The van der Waals surface area contributed by atoms with Crippen LogP contribution < -0.4 is 10.6 Å². The zero-order valence-corrected chi connectivity index (χ0v) is 11.5. The summed E-state index contributed by atoms with van der Waals surface area (Å²) in [6.45, 7) is 11.6. The van der Waals surface area contributed by atoms with E-state index in [1.807, 2.05) is 12.3 Å². The standard InChI is InChI=1S/C14H25N3/c1-11(2)9-17(10-12(3)4)14-7-13(8-15)5-6-16-14/h5-7,11-12H,8-10,15H2,1-4H3. The quantitative estimate of drug-likeness (QED) is 0.824. The van der Waals surface area contributed by atoms with Crippen LogP contribution in [0.5, 0.6) is 0 Å². The number of anilines is 1. The first-order valence-electron chi connectivity index (χ1n) is 6.42. The summed E-state index contributed by atoms with van der Waals surface area (Å²) in [5, 5.41) is 0. The van der Waals surface area contributed by atoms with Gasteiger partial charge in [-0.2, -0.15) is 0 Å². The lowest BCUT2D eigenvalue weighted by Gasteiger charge is -2.27. The summed E-state index contributed by atoms with van der Waals surface area (Å²) in [5.41, 5.74) is 6.82. The van der Waals surface area contributed by atoms with Crippen LogP contribution in [0.2, 0.25) is 0 Å². The molecular formula is C14H25N3. The van der Waals surface area contributed by atoms with Crippen LogP contribution in [0.3, 0.4) is 0 Å². The lowest BCUT2D eigenvalue weighted by atomic mass is 10.1. The van der Waals surface area contributed by atoms with E-state index < -0.39 is 0 Å². The van der Waals surface area contributed by atoms with Crippen LogP contribution in [0.25, 0.3) is 0 Å². The van der Waals surface area contributed by atoms with Gasteiger partial charge in [0.15, 0.2) is 0 Å². The van der Waals surface area contributed by atoms with Crippen molar-refractivity contribution in [3.63, 3.8) is 0 Å². The fourth-order valence-electron chi connectivity index (χ4n) is 1.90. The zero-order valence-electron chi connectivity index (χ0n) is 11.5. The van der Waals surface area contributed by atoms with Crippen molar-refractivity contribution in [2.24, 2.45) is 17.6 Å². The van der Waals surface area contributed by atoms with E-state index in [2.05, 4.69) is 43.6 Å². The van der Waals surface area contributed by atoms with Crippen molar-refractivity contribution in [2.45, 2.75) is 34.2 Å². The summed E-state index contributed by atoms with van der Waals surface area (Å²) < 4.78 is 0. The van der Waals surface area contributed by atoms with E-state index >= 15 is 0 Å². The van der Waals surface area contributed by atoms with Gasteiger partial charge in [-0.05, 0) is 29.5 Å². The van der Waals surface area contributed by atoms with Crippen molar-refractivity contribution in [3.05, 3.63) is 23.9 Å². The molecule has 0 atom stereocenters. The highest BCUT2D eigenvalue weighted by Crippen LogP contribution is 2.16. The second-order valence-corrected chi connectivity index (χ2v) is 5.42. The Labute approximate surface area is 105 Å². The van der Waals surface area contributed by atoms with Crippen LogP contribution in [0.15, 0.2) is 18.3 Å². The smallest absolute Gasteiger partial charge is 0.128 e. The molecule has 0 aliphatic rings. The minimum atomic E-state index is 0.576. The number of pyridine rings is 1. The predicted octanol–water partition coefficient (Wildman–Crippen LogP) is 2.66. The molecule has 3 heteroatoms. The summed E-state index contributed by atoms with van der Waals surface area (Å²) in [6, 6.07) is 4.08. The molecule has 0 aliphatic carbocycles. The van der Waals surface area contributed by atoms with E-state index in [4.69, 9.17) is 5.73 Å². The Hall–Kier alpha value is -1.09. The normalized spacial score (nSPS) is 11.2. The number of hydrogen-bond donors (Lipinski definition) is 1. The Morgan fingerprint density at radius 1 is 1.18 bits per heavy atom. The van der Waals surface area contributed by atoms with E-state index in [1.54, 1.807) is 0 Å². The molecule has 2 N–H and O–H groups in total. The largest absolute Gasteiger partial charge is 0.356 e. The van der Waals surface area contributed by atoms with Gasteiger partial charge in [-0.3, -0.25) is 0 Å². The summed E-state index contributed by atoms with van der Waals surface area (Å²) in [7, 11) is 0. The average molecular weight is 235 g/mol. The third kappa shape index (κ3) is 4.73. The molecule has 1 rings (SSSR count). The molecule has 0 saturated heterocycles. The fraction of sp³-hybridized carbons (Fsp3) is 0.643. The van der Waals surface area contributed by atoms with E-state index in [0.717, 1.165) is 24.5 Å². The molecule has 0 spiro atoms. The van der Waals surface area contributed by atoms with Crippen LogP contribution >= 0.6 is 0 Å². The summed E-state index contributed by atoms with van der Waals surface area (Å²) in [5.74, 6) is 2.32. The van der Waals surface area contributed by atoms with Crippen LogP contribution in [-0.2, 0) is 6.54 Å². The predicted molar refractivity (Wildman–Crippen MR) is 74.0 cm³/mol. The third-order valence-corrected chi connectivity index (χ3v) is 2.54. The molecule has 0 aromatic carbocycles. The Bertz CT molecular complexity index is 324. The number of rotatable bonds is 6. The highest BCUT2D eigenvalue weighted by Gasteiger charge is 2.11. The molecule has 0 aliphatic heterocycles. The summed E-state index contributed by atoms with van der Waals surface area (Å²) >= 11 is 0. The van der Waals surface area contributed by atoms with Crippen molar-refractivity contribution in [1.29, 1.82) is 0 Å². The van der Waals surface area contributed by atoms with E-state index in [9.17, 15) is 0 Å². The number of nitrogens with two attached hydrogens (primary N) is 1. The number of hydrogen-bond acceptors (Lipinski definition) is 3. The summed E-state index contributed by atoms with van der Waals surface area (Å²) in [6.07, 6.45) is 1.85. The van der Waals surface area contributed by atoms with Gasteiger partial charge >= 0.3 is 0 Å². The first-order valence-corrected chi connectivity index (χ1v) is 6.42. The van der Waals surface area contributed by atoms with Crippen molar-refractivity contribution in [1.82, 2.24) is 4.98 Å². The van der Waals surface area contributed by atoms with Gasteiger partial charge in [0, 0.05) is 25.8 Å². The molecule has 0 amide bonds. The SMILES string of the molecule is CC(C)CN(CC(C)C)c1cc(CN)ccn1. The molecule has 1 aromatic heterocycles. The first kappa shape index (κ1) is 14.0. The molecule has 0 radical (unpaired) electrons. The number of aromatic nitrogens is 1. The highest BCUT2D eigenvalue weighted by atomic mass is 15.2. The molecule has 96 valence electrons. The lowest BCUT2D eigenvalue weighted by molar-refractivity contribution is 0.548. The molecule has 1 heterocycles. The topological polar surface area (TPSA) is 42.1 Å². The van der Waals surface area contributed by atoms with Gasteiger partial charge in [0.25, 0.3) is 0 Å². The maximum Gasteiger partial charge on any atom is 0.128 e. The highest BCUT2D eigenvalue weighted by molar-refractivity contribution is 5.41. The van der Waals surface area contributed by atoms with Gasteiger partial charge in [-0.1, -0.05) is 27.7 Å². The maximum absolute atomic E-state index is 5.68. The second kappa shape index (κ2) is 6.60. The molecule has 17 heavy (non-hydrogen) atoms. The van der Waals surface area contributed by atoms with E-state index in [0.29, 0.717) is 18.4 Å². The minimum absolute atomic E-state index is 0.576. The van der Waals surface area contributed by atoms with Crippen LogP contribution in [0.1, 0.15) is 33.3 Å². The van der Waals surface area contributed by atoms with Crippen molar-refractivity contribution < 1.29 is 0 Å². The summed E-state index contributed by atoms with van der Waals surface area (Å²) in [4.78, 5) is 6.82. The zero-order chi connectivity index (χ0) is 12.8. The average Bonchev–Trinajstić information content (AvgIpc) is 2.27. The molecule has 0 saturated carbocycles. The van der Waals surface area contributed by atoms with Gasteiger partial charge in [-0.25, -0.2) is 4.98 Å². The Morgan fingerprint density at radius 2 is 1.76 bits per heavy atom. The number of nitrogens with zero attached hydrogens (tertiary/aromatic N) is 2. The molecule has 1 aromatic rings. The molecule has 0 unspecified atom stereocenters. The second-order valence-electron chi connectivity index (χ2n) is 5.42. The fourth-order valence-corrected chi connectivity index (χ4v) is 1.90. The Kier molecular flexibility index (Phi) is 5.42. The van der Waals surface area contributed by atoms with Gasteiger partial charge in [0.05, 0.1) is 0 Å². The monoisotopic (exact) mass is 235 g/mol. The lowest BCUT2D eigenvalue weighted by Crippen LogP contribution is -2.32. The third-order valence-electron chi connectivity index (χ3n) is 2.54. The van der Waals surface area contributed by atoms with Crippen molar-refractivity contribution >= 4 is 5.82 Å². The van der Waals surface area contributed by atoms with Crippen LogP contribution in [0, 0.1) is 11.8 Å². The van der Waals surface area contributed by atoms with Gasteiger partial charge < -0.3 is 10.6 Å². The van der Waals surface area contributed by atoms with Gasteiger partial charge in [0.2, 0.25) is 0 Å². The van der Waals surface area contributed by atoms with Gasteiger partial charge in [0.1, 0.15) is 5.82 Å². The van der Waals surface area contributed by atoms with Gasteiger partial charge in [-0.15, -0.1) is 0 Å². The van der Waals surface area contributed by atoms with E-state index in [1.165, 1.54) is 0 Å². The van der Waals surface area contributed by atoms with Crippen LogP contribution in [0.4, 0.5) is 5.82 Å². The van der Waals surface area contributed by atoms with Crippen molar-refractivity contribution in [2.75, 3.05) is 18.0 Å². The Morgan fingerprint density at radius 3 is 2.24 bits per heavy atom. The van der Waals surface area contributed by atoms with Crippen molar-refractivity contribution in [3.8, 4) is 0 Å². The van der Waals surface area contributed by atoms with E-state index in [-0.39, 0.29) is 0 Å². The first-order chi connectivity index (χ1) is 8.02. The molecule has 3 nitrogen and oxygen atoms in total. The minimum Gasteiger partial charge on any atom is -0.356 e. The Balaban J connectivity index is 2.86.